The van der Waals surface area contributed by atoms with E-state index in [9.17, 15) is 0 Å². The predicted molar refractivity (Wildman–Crippen MR) is 82.6 cm³/mol. The SMILES string of the molecule is COc1ccccc1C(CN)Oc1ccccc1CCO. The van der Waals surface area contributed by atoms with Gasteiger partial charge in [-0.05, 0) is 24.1 Å². The van der Waals surface area contributed by atoms with E-state index in [2.05, 4.69) is 0 Å². The van der Waals surface area contributed by atoms with Gasteiger partial charge in [0.1, 0.15) is 17.6 Å². The van der Waals surface area contributed by atoms with Gasteiger partial charge in [-0.15, -0.1) is 0 Å². The lowest BCUT2D eigenvalue weighted by molar-refractivity contribution is 0.205. The zero-order chi connectivity index (χ0) is 15.1. The van der Waals surface area contributed by atoms with E-state index < -0.39 is 0 Å². The van der Waals surface area contributed by atoms with Crippen LogP contribution in [0.25, 0.3) is 0 Å². The fourth-order valence-corrected chi connectivity index (χ4v) is 2.27. The Hall–Kier alpha value is -2.04. The highest BCUT2D eigenvalue weighted by Crippen LogP contribution is 2.30. The molecule has 1 unspecified atom stereocenters. The topological polar surface area (TPSA) is 64.7 Å². The first-order valence-corrected chi connectivity index (χ1v) is 6.98. The van der Waals surface area contributed by atoms with Crippen molar-refractivity contribution in [1.82, 2.24) is 0 Å². The molecule has 0 fully saturated rings. The molecular formula is C17H21NO3. The summed E-state index contributed by atoms with van der Waals surface area (Å²) in [6.07, 6.45) is 0.264. The fourth-order valence-electron chi connectivity index (χ4n) is 2.27. The smallest absolute Gasteiger partial charge is 0.139 e. The first-order chi connectivity index (χ1) is 10.3. The van der Waals surface area contributed by atoms with Gasteiger partial charge in [0.05, 0.1) is 7.11 Å². The van der Waals surface area contributed by atoms with Gasteiger partial charge in [0.25, 0.3) is 0 Å². The van der Waals surface area contributed by atoms with Crippen molar-refractivity contribution in [3.63, 3.8) is 0 Å². The lowest BCUT2D eigenvalue weighted by Crippen LogP contribution is -2.19. The maximum atomic E-state index is 9.13. The predicted octanol–water partition coefficient (Wildman–Crippen LogP) is 2.31. The van der Waals surface area contributed by atoms with Crippen LogP contribution in [0.2, 0.25) is 0 Å². The van der Waals surface area contributed by atoms with Gasteiger partial charge < -0.3 is 20.3 Å². The van der Waals surface area contributed by atoms with Crippen LogP contribution >= 0.6 is 0 Å². The second-order valence-electron chi connectivity index (χ2n) is 4.67. The summed E-state index contributed by atoms with van der Waals surface area (Å²) < 4.78 is 11.4. The number of ether oxygens (including phenoxy) is 2. The van der Waals surface area contributed by atoms with Crippen molar-refractivity contribution in [1.29, 1.82) is 0 Å². The number of para-hydroxylation sites is 2. The van der Waals surface area contributed by atoms with E-state index in [1.165, 1.54) is 0 Å². The van der Waals surface area contributed by atoms with Crippen LogP contribution in [0.5, 0.6) is 11.5 Å². The molecule has 0 aliphatic carbocycles. The van der Waals surface area contributed by atoms with Gasteiger partial charge in [-0.2, -0.15) is 0 Å². The van der Waals surface area contributed by atoms with Gasteiger partial charge in [0.15, 0.2) is 0 Å². The first-order valence-electron chi connectivity index (χ1n) is 6.98. The van der Waals surface area contributed by atoms with E-state index >= 15 is 0 Å². The average Bonchev–Trinajstić information content (AvgIpc) is 2.54. The first kappa shape index (κ1) is 15.4. The third-order valence-electron chi connectivity index (χ3n) is 3.32. The van der Waals surface area contributed by atoms with Crippen LogP contribution in [0, 0.1) is 0 Å². The molecule has 2 rings (SSSR count). The molecule has 0 heterocycles. The molecule has 0 saturated carbocycles. The molecule has 4 heteroatoms. The minimum Gasteiger partial charge on any atom is -0.496 e. The summed E-state index contributed by atoms with van der Waals surface area (Å²) in [7, 11) is 1.63. The molecule has 2 aromatic carbocycles. The highest BCUT2D eigenvalue weighted by atomic mass is 16.5. The summed E-state index contributed by atoms with van der Waals surface area (Å²) in [5, 5.41) is 9.13. The second-order valence-corrected chi connectivity index (χ2v) is 4.67. The number of aliphatic hydroxyl groups excluding tert-OH is 1. The molecular weight excluding hydrogens is 266 g/mol. The molecule has 4 nitrogen and oxygen atoms in total. The van der Waals surface area contributed by atoms with Gasteiger partial charge in [-0.25, -0.2) is 0 Å². The van der Waals surface area contributed by atoms with Crippen LogP contribution in [0.4, 0.5) is 0 Å². The van der Waals surface area contributed by atoms with Crippen molar-refractivity contribution in [2.24, 2.45) is 5.73 Å². The van der Waals surface area contributed by atoms with Crippen LogP contribution in [-0.2, 0) is 6.42 Å². The molecule has 0 spiro atoms. The number of nitrogens with two attached hydrogens (primary N) is 1. The van der Waals surface area contributed by atoms with E-state index in [-0.39, 0.29) is 12.7 Å². The maximum absolute atomic E-state index is 9.13. The molecule has 0 bridgehead atoms. The quantitative estimate of drug-likeness (QED) is 0.820. The van der Waals surface area contributed by atoms with Crippen LogP contribution in [0.3, 0.4) is 0 Å². The highest BCUT2D eigenvalue weighted by Gasteiger charge is 2.17. The zero-order valence-electron chi connectivity index (χ0n) is 12.2. The summed E-state index contributed by atoms with van der Waals surface area (Å²) >= 11 is 0. The maximum Gasteiger partial charge on any atom is 0.139 e. The third-order valence-corrected chi connectivity index (χ3v) is 3.32. The molecule has 0 radical (unpaired) electrons. The molecule has 1 atom stereocenters. The largest absolute Gasteiger partial charge is 0.496 e. The highest BCUT2D eigenvalue weighted by molar-refractivity contribution is 5.38. The Balaban J connectivity index is 2.27. The van der Waals surface area contributed by atoms with Crippen molar-refractivity contribution in [3.05, 3.63) is 59.7 Å². The lowest BCUT2D eigenvalue weighted by atomic mass is 10.1. The number of rotatable bonds is 7. The monoisotopic (exact) mass is 287 g/mol. The van der Waals surface area contributed by atoms with Crippen molar-refractivity contribution in [2.45, 2.75) is 12.5 Å². The van der Waals surface area contributed by atoms with Gasteiger partial charge in [-0.1, -0.05) is 36.4 Å². The Morgan fingerprint density at radius 2 is 1.71 bits per heavy atom. The van der Waals surface area contributed by atoms with Gasteiger partial charge in [-0.3, -0.25) is 0 Å². The van der Waals surface area contributed by atoms with Gasteiger partial charge in [0.2, 0.25) is 0 Å². The summed E-state index contributed by atoms with van der Waals surface area (Å²) in [6, 6.07) is 15.4. The fraction of sp³-hybridized carbons (Fsp3) is 0.294. The van der Waals surface area contributed by atoms with Crippen molar-refractivity contribution < 1.29 is 14.6 Å². The number of aliphatic hydroxyl groups is 1. The Bertz CT molecular complexity index is 571. The van der Waals surface area contributed by atoms with E-state index in [0.717, 1.165) is 22.6 Å². The van der Waals surface area contributed by atoms with Gasteiger partial charge in [0, 0.05) is 18.7 Å². The molecule has 0 saturated heterocycles. The van der Waals surface area contributed by atoms with Crippen molar-refractivity contribution in [3.8, 4) is 11.5 Å². The molecule has 0 amide bonds. The number of methoxy groups -OCH3 is 1. The van der Waals surface area contributed by atoms with Crippen LogP contribution in [-0.4, -0.2) is 25.4 Å². The Morgan fingerprint density at radius 3 is 2.38 bits per heavy atom. The van der Waals surface area contributed by atoms with Crippen molar-refractivity contribution >= 4 is 0 Å². The minimum atomic E-state index is -0.291. The number of benzene rings is 2. The molecule has 2 aromatic rings. The van der Waals surface area contributed by atoms with Crippen LogP contribution < -0.4 is 15.2 Å². The summed E-state index contributed by atoms with van der Waals surface area (Å²) in [5.74, 6) is 1.50. The normalized spacial score (nSPS) is 12.0. The molecule has 112 valence electrons. The summed E-state index contributed by atoms with van der Waals surface area (Å²) in [6.45, 7) is 0.427. The zero-order valence-corrected chi connectivity index (χ0v) is 12.2. The standard InChI is InChI=1S/C17H21NO3/c1-20-16-9-5-3-7-14(16)17(12-18)21-15-8-4-2-6-13(15)10-11-19/h2-9,17,19H,10-12,18H2,1H3. The van der Waals surface area contributed by atoms with E-state index in [4.69, 9.17) is 20.3 Å². The summed E-state index contributed by atoms with van der Waals surface area (Å²) in [5.41, 5.74) is 7.75. The molecule has 21 heavy (non-hydrogen) atoms. The molecule has 0 aliphatic rings. The Labute approximate surface area is 125 Å². The Morgan fingerprint density at radius 1 is 1.05 bits per heavy atom. The molecule has 0 aliphatic heterocycles. The summed E-state index contributed by atoms with van der Waals surface area (Å²) in [4.78, 5) is 0. The number of hydrogen-bond acceptors (Lipinski definition) is 4. The second kappa shape index (κ2) is 7.67. The third kappa shape index (κ3) is 3.74. The van der Waals surface area contributed by atoms with Crippen molar-refractivity contribution in [2.75, 3.05) is 20.3 Å². The number of hydrogen-bond donors (Lipinski definition) is 2. The van der Waals surface area contributed by atoms with Gasteiger partial charge >= 0.3 is 0 Å². The van der Waals surface area contributed by atoms with E-state index in [1.807, 2.05) is 48.5 Å². The molecule has 3 N–H and O–H groups in total. The van der Waals surface area contributed by atoms with Crippen LogP contribution in [0.1, 0.15) is 17.2 Å². The lowest BCUT2D eigenvalue weighted by Gasteiger charge is -2.21. The average molecular weight is 287 g/mol. The van der Waals surface area contributed by atoms with E-state index in [0.29, 0.717) is 13.0 Å². The van der Waals surface area contributed by atoms with Crippen LogP contribution in [0.15, 0.2) is 48.5 Å². The molecule has 0 aromatic heterocycles. The van der Waals surface area contributed by atoms with E-state index in [1.54, 1.807) is 7.11 Å². The Kier molecular flexibility index (Phi) is 5.60. The minimum absolute atomic E-state index is 0.0856.